The number of carbonyl (C=O) groups excluding carboxylic acids is 2. The summed E-state index contributed by atoms with van der Waals surface area (Å²) >= 11 is 3.54. The summed E-state index contributed by atoms with van der Waals surface area (Å²) in [5.74, 6) is -40.2. The van der Waals surface area contributed by atoms with E-state index in [2.05, 4.69) is 16.3 Å². The zero-order valence-corrected chi connectivity index (χ0v) is 14.7. The summed E-state index contributed by atoms with van der Waals surface area (Å²) in [4.78, 5) is 22.0. The molecule has 0 heterocycles. The summed E-state index contributed by atoms with van der Waals surface area (Å²) in [5.41, 5.74) is 0. The summed E-state index contributed by atoms with van der Waals surface area (Å²) in [7, 11) is 0.472. The number of hydrogen-bond donors (Lipinski definition) is 1. The molecule has 0 saturated heterocycles. The Morgan fingerprint density at radius 2 is 1.21 bits per heavy atom. The maximum absolute atomic E-state index is 13.7. The molecule has 1 N–H and O–H groups in total. The van der Waals surface area contributed by atoms with E-state index in [0.717, 1.165) is 0 Å². The number of esters is 1. The third kappa shape index (κ3) is 4.60. The SMILES string of the molecule is COC(=O)C(CC(F)(F)C(F)(F)C(F)(F)C(F)(F)C(F)(F)C(F)(F)Cl)NC(C)=O. The first kappa shape index (κ1) is 27.4. The molecular weight excluding hydrogens is 470 g/mol. The van der Waals surface area contributed by atoms with E-state index >= 15 is 0 Å². The summed E-state index contributed by atoms with van der Waals surface area (Å²) < 4.78 is 162. The van der Waals surface area contributed by atoms with Crippen molar-refractivity contribution in [3.63, 3.8) is 0 Å². The number of amides is 1. The molecule has 0 aromatic carbocycles. The lowest BCUT2D eigenvalue weighted by atomic mass is 9.91. The molecule has 1 atom stereocenters. The van der Waals surface area contributed by atoms with Crippen molar-refractivity contribution in [2.24, 2.45) is 0 Å². The number of methoxy groups -OCH3 is 1. The number of nitrogens with one attached hydrogen (secondary N) is 1. The first-order valence-electron chi connectivity index (χ1n) is 6.82. The van der Waals surface area contributed by atoms with Gasteiger partial charge in [0, 0.05) is 13.3 Å². The van der Waals surface area contributed by atoms with Crippen molar-refractivity contribution in [1.29, 1.82) is 0 Å². The first-order chi connectivity index (χ1) is 12.5. The minimum absolute atomic E-state index is 0.472. The molecule has 0 radical (unpaired) electrons. The van der Waals surface area contributed by atoms with Crippen LogP contribution in [0.4, 0.5) is 52.7 Å². The topological polar surface area (TPSA) is 55.4 Å². The van der Waals surface area contributed by atoms with E-state index in [9.17, 15) is 62.3 Å². The zero-order valence-electron chi connectivity index (χ0n) is 13.9. The van der Waals surface area contributed by atoms with Crippen molar-refractivity contribution in [1.82, 2.24) is 5.32 Å². The molecule has 0 rings (SSSR count). The van der Waals surface area contributed by atoms with Gasteiger partial charge in [-0.25, -0.2) is 4.79 Å². The molecule has 0 aliphatic heterocycles. The highest BCUT2D eigenvalue weighted by molar-refractivity contribution is 6.22. The van der Waals surface area contributed by atoms with E-state index in [1.165, 1.54) is 5.32 Å². The molecule has 172 valence electrons. The first-order valence-corrected chi connectivity index (χ1v) is 7.19. The van der Waals surface area contributed by atoms with E-state index in [4.69, 9.17) is 0 Å². The van der Waals surface area contributed by atoms with Crippen LogP contribution < -0.4 is 5.32 Å². The van der Waals surface area contributed by atoms with Crippen molar-refractivity contribution in [2.75, 3.05) is 7.11 Å². The molecule has 0 aromatic heterocycles. The molecular formula is C12H10ClF12NO3. The lowest BCUT2D eigenvalue weighted by Gasteiger charge is -2.40. The van der Waals surface area contributed by atoms with Crippen LogP contribution in [0.5, 0.6) is 0 Å². The Kier molecular flexibility index (Phi) is 7.47. The Hall–Kier alpha value is -1.61. The van der Waals surface area contributed by atoms with Crippen molar-refractivity contribution >= 4 is 23.5 Å². The summed E-state index contributed by atoms with van der Waals surface area (Å²) in [6.07, 6.45) is -2.85. The maximum atomic E-state index is 13.7. The highest BCUT2D eigenvalue weighted by Gasteiger charge is 2.90. The lowest BCUT2D eigenvalue weighted by Crippen LogP contribution is -2.70. The third-order valence-electron chi connectivity index (χ3n) is 3.32. The molecule has 17 heteroatoms. The van der Waals surface area contributed by atoms with Gasteiger partial charge in [-0.2, -0.15) is 52.7 Å². The second kappa shape index (κ2) is 7.91. The van der Waals surface area contributed by atoms with Gasteiger partial charge in [0.2, 0.25) is 5.91 Å². The van der Waals surface area contributed by atoms with Gasteiger partial charge in [0.25, 0.3) is 0 Å². The number of ether oxygens (including phenoxy) is 1. The largest absolute Gasteiger partial charge is 0.467 e. The van der Waals surface area contributed by atoms with E-state index in [0.29, 0.717) is 14.0 Å². The molecule has 0 saturated carbocycles. The molecule has 4 nitrogen and oxygen atoms in total. The van der Waals surface area contributed by atoms with Crippen LogP contribution in [0, 0.1) is 0 Å². The molecule has 1 amide bonds. The fraction of sp³-hybridized carbons (Fsp3) is 0.833. The molecule has 29 heavy (non-hydrogen) atoms. The van der Waals surface area contributed by atoms with Crippen LogP contribution in [-0.4, -0.2) is 60.0 Å². The van der Waals surface area contributed by atoms with Crippen LogP contribution in [0.1, 0.15) is 13.3 Å². The lowest BCUT2D eigenvalue weighted by molar-refractivity contribution is -0.417. The van der Waals surface area contributed by atoms with Crippen LogP contribution in [0.2, 0.25) is 0 Å². The minimum Gasteiger partial charge on any atom is -0.467 e. The van der Waals surface area contributed by atoms with Crippen LogP contribution in [0.3, 0.4) is 0 Å². The van der Waals surface area contributed by atoms with Crippen molar-refractivity contribution in [3.8, 4) is 0 Å². The number of alkyl halides is 13. The fourth-order valence-corrected chi connectivity index (χ4v) is 1.89. The van der Waals surface area contributed by atoms with Crippen LogP contribution in [0.15, 0.2) is 0 Å². The number of hydrogen-bond acceptors (Lipinski definition) is 3. The predicted octanol–water partition coefficient (Wildman–Crippen LogP) is 4.06. The fourth-order valence-electron chi connectivity index (χ4n) is 1.77. The van der Waals surface area contributed by atoms with Gasteiger partial charge in [-0.1, -0.05) is 0 Å². The van der Waals surface area contributed by atoms with E-state index in [1.54, 1.807) is 0 Å². The van der Waals surface area contributed by atoms with Crippen molar-refractivity contribution < 1.29 is 67.0 Å². The van der Waals surface area contributed by atoms with E-state index < -0.39 is 59.3 Å². The zero-order chi connectivity index (χ0) is 23.9. The Morgan fingerprint density at radius 3 is 1.52 bits per heavy atom. The van der Waals surface area contributed by atoms with Crippen LogP contribution in [0.25, 0.3) is 0 Å². The van der Waals surface area contributed by atoms with Gasteiger partial charge in [0.15, 0.2) is 0 Å². The molecule has 1 unspecified atom stereocenters. The Bertz CT molecular complexity index is 634. The normalized spacial score (nSPS) is 15.7. The monoisotopic (exact) mass is 479 g/mol. The number of halogens is 13. The second-order valence-electron chi connectivity index (χ2n) is 5.48. The molecule has 0 aliphatic rings. The van der Waals surface area contributed by atoms with E-state index in [1.807, 2.05) is 0 Å². The minimum atomic E-state index is -7.82. The van der Waals surface area contributed by atoms with Gasteiger partial charge in [-0.3, -0.25) is 4.79 Å². The standard InChI is InChI=1S/C12H10ClF12NO3/c1-4(27)26-5(6(28)29-2)3-7(14,15)8(16,17)9(18,19)10(20,21)11(22,23)12(13,24)25/h5H,3H2,1-2H3,(H,26,27). The predicted molar refractivity (Wildman–Crippen MR) is 69.8 cm³/mol. The second-order valence-corrected chi connectivity index (χ2v) is 5.95. The Labute approximate surface area is 158 Å². The van der Waals surface area contributed by atoms with Crippen molar-refractivity contribution in [2.45, 2.75) is 54.4 Å². The quantitative estimate of drug-likeness (QED) is 0.308. The van der Waals surface area contributed by atoms with Gasteiger partial charge in [-0.05, 0) is 11.6 Å². The Balaban J connectivity index is 6.27. The molecule has 0 spiro atoms. The van der Waals surface area contributed by atoms with Crippen molar-refractivity contribution in [3.05, 3.63) is 0 Å². The van der Waals surface area contributed by atoms with E-state index in [-0.39, 0.29) is 0 Å². The van der Waals surface area contributed by atoms with Gasteiger partial charge < -0.3 is 10.1 Å². The highest BCUT2D eigenvalue weighted by atomic mass is 35.5. The highest BCUT2D eigenvalue weighted by Crippen LogP contribution is 2.61. The summed E-state index contributed by atoms with van der Waals surface area (Å²) in [6, 6.07) is -2.82. The molecule has 0 aliphatic carbocycles. The summed E-state index contributed by atoms with van der Waals surface area (Å²) in [5, 5.41) is -5.29. The molecule has 0 bridgehead atoms. The van der Waals surface area contributed by atoms with Gasteiger partial charge in [-0.15, -0.1) is 0 Å². The van der Waals surface area contributed by atoms with Crippen LogP contribution >= 0.6 is 11.6 Å². The maximum Gasteiger partial charge on any atom is 0.393 e. The number of carbonyl (C=O) groups is 2. The average Bonchev–Trinajstić information content (AvgIpc) is 2.50. The Morgan fingerprint density at radius 1 is 0.828 bits per heavy atom. The smallest absolute Gasteiger partial charge is 0.393 e. The number of rotatable bonds is 9. The average molecular weight is 480 g/mol. The molecule has 0 aromatic rings. The summed E-state index contributed by atoms with van der Waals surface area (Å²) in [6.45, 7) is 0.540. The van der Waals surface area contributed by atoms with Crippen LogP contribution in [-0.2, 0) is 14.3 Å². The van der Waals surface area contributed by atoms with Gasteiger partial charge >= 0.3 is 41.0 Å². The van der Waals surface area contributed by atoms with Gasteiger partial charge in [0.05, 0.1) is 7.11 Å². The molecule has 0 fully saturated rings. The van der Waals surface area contributed by atoms with Gasteiger partial charge in [0.1, 0.15) is 6.04 Å². The third-order valence-corrected chi connectivity index (χ3v) is 3.56.